The van der Waals surface area contributed by atoms with Crippen LogP contribution in [0.15, 0.2) is 0 Å². The fourth-order valence-corrected chi connectivity index (χ4v) is 3.81. The van der Waals surface area contributed by atoms with E-state index in [9.17, 15) is 33.0 Å². The first kappa shape index (κ1) is 29.5. The second-order valence-electron chi connectivity index (χ2n) is 7.94. The summed E-state index contributed by atoms with van der Waals surface area (Å²) in [6, 6.07) is -1.89. The summed E-state index contributed by atoms with van der Waals surface area (Å²) >= 11 is 0. The van der Waals surface area contributed by atoms with Crippen molar-refractivity contribution in [3.63, 3.8) is 0 Å². The first-order chi connectivity index (χ1) is 16.7. The molecule has 204 valence electrons. The molecular weight excluding hydrogens is 483 g/mol. The van der Waals surface area contributed by atoms with Gasteiger partial charge in [0.05, 0.1) is 58.4 Å². The van der Waals surface area contributed by atoms with Crippen LogP contribution in [-0.4, -0.2) is 137 Å². The van der Waals surface area contributed by atoms with Gasteiger partial charge >= 0.3 is 18.1 Å². The summed E-state index contributed by atoms with van der Waals surface area (Å²) in [5.74, 6) is -2.09. The molecule has 2 heterocycles. The maximum absolute atomic E-state index is 12.8. The minimum atomic E-state index is -5.09. The van der Waals surface area contributed by atoms with Gasteiger partial charge in [-0.3, -0.25) is 4.79 Å². The molecule has 15 heteroatoms. The number of hydrogen-bond donors (Lipinski definition) is 4. The van der Waals surface area contributed by atoms with E-state index < -0.39 is 48.6 Å². The molecule has 5 atom stereocenters. The van der Waals surface area contributed by atoms with E-state index in [1.165, 1.54) is 0 Å². The quantitative estimate of drug-likeness (QED) is 0.205. The van der Waals surface area contributed by atoms with Crippen LogP contribution in [0.2, 0.25) is 0 Å². The summed E-state index contributed by atoms with van der Waals surface area (Å²) in [5, 5.41) is 25.6. The lowest BCUT2D eigenvalue weighted by molar-refractivity contribution is -0.207. The molecule has 2 saturated heterocycles. The second-order valence-corrected chi connectivity index (χ2v) is 7.94. The second kappa shape index (κ2) is 14.7. The number of carbonyl (C=O) groups excluding carboxylic acids is 2. The molecule has 0 aliphatic carbocycles. The van der Waals surface area contributed by atoms with Gasteiger partial charge in [-0.15, -0.1) is 0 Å². The van der Waals surface area contributed by atoms with Crippen molar-refractivity contribution >= 4 is 11.9 Å². The van der Waals surface area contributed by atoms with E-state index in [0.717, 1.165) is 0 Å². The maximum Gasteiger partial charge on any atom is 0.471 e. The van der Waals surface area contributed by atoms with Gasteiger partial charge in [0.25, 0.3) is 0 Å². The zero-order valence-electron chi connectivity index (χ0n) is 19.5. The summed E-state index contributed by atoms with van der Waals surface area (Å²) in [6.07, 6.45) is -10.2. The highest BCUT2D eigenvalue weighted by Gasteiger charge is 2.55. The number of halogens is 3. The van der Waals surface area contributed by atoms with Crippen LogP contribution in [0, 0.1) is 0 Å². The molecule has 3 amide bonds. The SMILES string of the molecule is COCCOCCOCCOCCNC(=O)NC[C@H]1O[C@@H]2CCN(C(=O)C(F)(F)F)[C@@H]2[C@@H](O)[C@H]1O. The van der Waals surface area contributed by atoms with Crippen LogP contribution < -0.4 is 10.6 Å². The summed E-state index contributed by atoms with van der Waals surface area (Å²) < 4.78 is 64.6. The third kappa shape index (κ3) is 9.33. The summed E-state index contributed by atoms with van der Waals surface area (Å²) in [4.78, 5) is 24.0. The van der Waals surface area contributed by atoms with Gasteiger partial charge in [-0.05, 0) is 6.42 Å². The van der Waals surface area contributed by atoms with Crippen LogP contribution in [0.5, 0.6) is 0 Å². The third-order valence-electron chi connectivity index (χ3n) is 5.50. The standard InChI is InChI=1S/C20H34F3N3O9/c1-31-6-7-33-10-11-34-9-8-32-5-3-24-19(30)25-12-14-16(27)17(28)15-13(35-14)2-4-26(15)18(29)20(21,22)23/h13-17,27-28H,2-12H2,1H3,(H2,24,25,30)/t13-,14-,15+,16+,17-/m1/s1. The van der Waals surface area contributed by atoms with Crippen molar-refractivity contribution in [1.29, 1.82) is 0 Å². The third-order valence-corrected chi connectivity index (χ3v) is 5.50. The summed E-state index contributed by atoms with van der Waals surface area (Å²) in [5.41, 5.74) is 0. The predicted molar refractivity (Wildman–Crippen MR) is 113 cm³/mol. The number of urea groups is 1. The average Bonchev–Trinajstić information content (AvgIpc) is 3.23. The minimum Gasteiger partial charge on any atom is -0.388 e. The van der Waals surface area contributed by atoms with Gasteiger partial charge in [-0.2, -0.15) is 13.2 Å². The summed E-state index contributed by atoms with van der Waals surface area (Å²) in [7, 11) is 1.59. The van der Waals surface area contributed by atoms with Crippen LogP contribution in [-0.2, 0) is 28.5 Å². The van der Waals surface area contributed by atoms with E-state index in [0.29, 0.717) is 44.5 Å². The first-order valence-electron chi connectivity index (χ1n) is 11.3. The number of carbonyl (C=O) groups is 2. The fourth-order valence-electron chi connectivity index (χ4n) is 3.81. The van der Waals surface area contributed by atoms with Crippen molar-refractivity contribution in [1.82, 2.24) is 15.5 Å². The van der Waals surface area contributed by atoms with Gasteiger partial charge in [0, 0.05) is 26.7 Å². The van der Waals surface area contributed by atoms with Crippen LogP contribution in [0.25, 0.3) is 0 Å². The largest absolute Gasteiger partial charge is 0.471 e. The number of alkyl halides is 3. The Morgan fingerprint density at radius 3 is 2.17 bits per heavy atom. The maximum atomic E-state index is 12.8. The number of fused-ring (bicyclic) bond motifs is 1. The van der Waals surface area contributed by atoms with E-state index in [-0.39, 0.29) is 32.7 Å². The number of amides is 3. The van der Waals surface area contributed by atoms with Crippen LogP contribution in [0.3, 0.4) is 0 Å². The van der Waals surface area contributed by atoms with Crippen molar-refractivity contribution in [2.24, 2.45) is 0 Å². The van der Waals surface area contributed by atoms with Gasteiger partial charge < -0.3 is 49.4 Å². The minimum absolute atomic E-state index is 0.0703. The zero-order chi connectivity index (χ0) is 25.8. The number of methoxy groups -OCH3 is 1. The van der Waals surface area contributed by atoms with E-state index >= 15 is 0 Å². The van der Waals surface area contributed by atoms with Crippen LogP contribution >= 0.6 is 0 Å². The highest BCUT2D eigenvalue weighted by atomic mass is 19.4. The molecule has 35 heavy (non-hydrogen) atoms. The number of likely N-dealkylation sites (tertiary alicyclic amines) is 1. The van der Waals surface area contributed by atoms with Crippen LogP contribution in [0.1, 0.15) is 6.42 Å². The number of aliphatic hydroxyl groups excluding tert-OH is 2. The molecule has 0 spiro atoms. The van der Waals surface area contributed by atoms with Crippen LogP contribution in [0.4, 0.5) is 18.0 Å². The normalized spacial score (nSPS) is 26.5. The number of ether oxygens (including phenoxy) is 5. The smallest absolute Gasteiger partial charge is 0.388 e. The Morgan fingerprint density at radius 2 is 1.57 bits per heavy atom. The van der Waals surface area contributed by atoms with Gasteiger partial charge in [0.1, 0.15) is 18.3 Å². The molecule has 0 bridgehead atoms. The molecular formula is C20H34F3N3O9. The lowest BCUT2D eigenvalue weighted by Gasteiger charge is -2.42. The molecule has 0 aromatic heterocycles. The highest BCUT2D eigenvalue weighted by Crippen LogP contribution is 2.34. The number of nitrogens with one attached hydrogen (secondary N) is 2. The van der Waals surface area contributed by atoms with Crippen molar-refractivity contribution in [2.75, 3.05) is 73.0 Å². The predicted octanol–water partition coefficient (Wildman–Crippen LogP) is -1.37. The highest BCUT2D eigenvalue weighted by molar-refractivity contribution is 5.82. The molecule has 0 unspecified atom stereocenters. The fraction of sp³-hybridized carbons (Fsp3) is 0.900. The molecule has 0 saturated carbocycles. The number of nitrogens with zero attached hydrogens (tertiary/aromatic N) is 1. The molecule has 4 N–H and O–H groups in total. The lowest BCUT2D eigenvalue weighted by Crippen LogP contribution is -2.63. The van der Waals surface area contributed by atoms with E-state index in [2.05, 4.69) is 10.6 Å². The van der Waals surface area contributed by atoms with Gasteiger partial charge in [0.2, 0.25) is 0 Å². The Kier molecular flexibility index (Phi) is 12.4. The molecule has 2 rings (SSSR count). The number of rotatable bonds is 14. The zero-order valence-corrected chi connectivity index (χ0v) is 19.5. The van der Waals surface area contributed by atoms with Crippen molar-refractivity contribution < 1.29 is 56.7 Å². The van der Waals surface area contributed by atoms with E-state index in [4.69, 9.17) is 23.7 Å². The Balaban J connectivity index is 1.58. The number of hydrogen-bond acceptors (Lipinski definition) is 9. The monoisotopic (exact) mass is 517 g/mol. The molecule has 0 aromatic rings. The Morgan fingerprint density at radius 1 is 0.971 bits per heavy atom. The topological polar surface area (TPSA) is 148 Å². The molecule has 2 aliphatic heterocycles. The Labute approximate surface area is 200 Å². The molecule has 0 aromatic carbocycles. The van der Waals surface area contributed by atoms with Gasteiger partial charge in [-0.25, -0.2) is 4.79 Å². The summed E-state index contributed by atoms with van der Waals surface area (Å²) in [6.45, 7) is 2.57. The average molecular weight is 517 g/mol. The number of aliphatic hydroxyl groups is 2. The lowest BCUT2D eigenvalue weighted by atomic mass is 9.93. The molecule has 2 aliphatic rings. The van der Waals surface area contributed by atoms with Gasteiger partial charge in [0.15, 0.2) is 0 Å². The van der Waals surface area contributed by atoms with E-state index in [1.54, 1.807) is 7.11 Å². The molecule has 0 radical (unpaired) electrons. The molecule has 2 fully saturated rings. The van der Waals surface area contributed by atoms with Crippen molar-refractivity contribution in [3.8, 4) is 0 Å². The van der Waals surface area contributed by atoms with Crippen molar-refractivity contribution in [2.45, 2.75) is 43.1 Å². The van der Waals surface area contributed by atoms with Crippen molar-refractivity contribution in [3.05, 3.63) is 0 Å². The Hall–Kier alpha value is -1.75. The first-order valence-corrected chi connectivity index (χ1v) is 11.3. The molecule has 12 nitrogen and oxygen atoms in total. The van der Waals surface area contributed by atoms with Gasteiger partial charge in [-0.1, -0.05) is 0 Å². The Bertz CT molecular complexity index is 659. The van der Waals surface area contributed by atoms with E-state index in [1.807, 2.05) is 0 Å².